The number of hydrogen-bond donors (Lipinski definition) is 1. The van der Waals surface area contributed by atoms with Gasteiger partial charge in [0.15, 0.2) is 0 Å². The summed E-state index contributed by atoms with van der Waals surface area (Å²) in [5, 5.41) is 0. The van der Waals surface area contributed by atoms with Crippen LogP contribution in [0.2, 0.25) is 0 Å². The van der Waals surface area contributed by atoms with Gasteiger partial charge in [0.1, 0.15) is 11.9 Å². The first-order valence-corrected chi connectivity index (χ1v) is 5.93. The van der Waals surface area contributed by atoms with Gasteiger partial charge in [-0.1, -0.05) is 0 Å². The number of ether oxygens (including phenoxy) is 1. The minimum atomic E-state index is -0.618. The van der Waals surface area contributed by atoms with E-state index in [9.17, 15) is 9.18 Å². The van der Waals surface area contributed by atoms with Gasteiger partial charge in [0, 0.05) is 19.3 Å². The number of nitrogens with two attached hydrogens (primary N) is 1. The number of benzene rings is 1. The second kappa shape index (κ2) is 6.96. The lowest BCUT2D eigenvalue weighted by Crippen LogP contribution is -2.36. The monoisotopic (exact) mass is 254 g/mol. The minimum absolute atomic E-state index is 0.268. The highest BCUT2D eigenvalue weighted by atomic mass is 19.1. The number of halogens is 1. The maximum Gasteiger partial charge on any atom is 0.322 e. The van der Waals surface area contributed by atoms with Crippen LogP contribution < -0.4 is 10.6 Å². The highest BCUT2D eigenvalue weighted by Crippen LogP contribution is 2.13. The fourth-order valence-electron chi connectivity index (χ4n) is 1.52. The van der Waals surface area contributed by atoms with E-state index in [1.807, 2.05) is 11.9 Å². The van der Waals surface area contributed by atoms with Crippen LogP contribution in [-0.4, -0.2) is 32.2 Å². The molecule has 100 valence electrons. The normalized spacial score (nSPS) is 12.0. The van der Waals surface area contributed by atoms with Crippen LogP contribution in [0.5, 0.6) is 0 Å². The van der Waals surface area contributed by atoms with Crippen molar-refractivity contribution in [3.05, 3.63) is 30.1 Å². The van der Waals surface area contributed by atoms with Crippen LogP contribution in [0.1, 0.15) is 13.3 Å². The van der Waals surface area contributed by atoms with Crippen LogP contribution in [0.15, 0.2) is 24.3 Å². The third kappa shape index (κ3) is 4.33. The van der Waals surface area contributed by atoms with Crippen molar-refractivity contribution in [1.82, 2.24) is 0 Å². The fraction of sp³-hybridized carbons (Fsp3) is 0.462. The molecule has 0 saturated carbocycles. The number of esters is 1. The summed E-state index contributed by atoms with van der Waals surface area (Å²) < 4.78 is 17.6. The van der Waals surface area contributed by atoms with E-state index in [1.165, 1.54) is 12.1 Å². The highest BCUT2D eigenvalue weighted by molar-refractivity contribution is 5.75. The molecule has 0 spiro atoms. The predicted octanol–water partition coefficient (Wildman–Crippen LogP) is 1.54. The zero-order valence-electron chi connectivity index (χ0n) is 10.7. The highest BCUT2D eigenvalue weighted by Gasteiger charge is 2.15. The molecule has 0 heterocycles. The Kier molecular flexibility index (Phi) is 5.58. The largest absolute Gasteiger partial charge is 0.465 e. The lowest BCUT2D eigenvalue weighted by atomic mass is 10.2. The molecule has 1 atom stereocenters. The van der Waals surface area contributed by atoms with Crippen molar-refractivity contribution in [3.63, 3.8) is 0 Å². The Morgan fingerprint density at radius 2 is 2.06 bits per heavy atom. The Morgan fingerprint density at radius 3 is 2.61 bits per heavy atom. The van der Waals surface area contributed by atoms with E-state index in [2.05, 4.69) is 0 Å². The summed E-state index contributed by atoms with van der Waals surface area (Å²) in [4.78, 5) is 13.2. The maximum absolute atomic E-state index is 12.8. The second-order valence-corrected chi connectivity index (χ2v) is 4.05. The average molecular weight is 254 g/mol. The van der Waals surface area contributed by atoms with Crippen LogP contribution in [0.3, 0.4) is 0 Å². The van der Waals surface area contributed by atoms with Gasteiger partial charge in [-0.3, -0.25) is 4.79 Å². The van der Waals surface area contributed by atoms with Crippen molar-refractivity contribution in [2.75, 3.05) is 25.1 Å². The average Bonchev–Trinajstić information content (AvgIpc) is 2.36. The molecule has 1 aromatic carbocycles. The summed E-state index contributed by atoms with van der Waals surface area (Å²) in [5.41, 5.74) is 6.57. The molecule has 0 aliphatic heterocycles. The summed E-state index contributed by atoms with van der Waals surface area (Å²) in [5.74, 6) is -0.652. The maximum atomic E-state index is 12.8. The first-order chi connectivity index (χ1) is 8.54. The Morgan fingerprint density at radius 1 is 1.44 bits per heavy atom. The molecule has 2 N–H and O–H groups in total. The van der Waals surface area contributed by atoms with Crippen LogP contribution in [0.4, 0.5) is 10.1 Å². The van der Waals surface area contributed by atoms with Gasteiger partial charge in [-0.25, -0.2) is 4.39 Å². The Balaban J connectivity index is 2.43. The number of carbonyl (C=O) groups is 1. The molecule has 4 nitrogen and oxygen atoms in total. The summed E-state index contributed by atoms with van der Waals surface area (Å²) in [6, 6.07) is 5.55. The molecule has 5 heteroatoms. The van der Waals surface area contributed by atoms with Crippen molar-refractivity contribution in [2.24, 2.45) is 5.73 Å². The number of rotatable bonds is 6. The van der Waals surface area contributed by atoms with Crippen molar-refractivity contribution in [1.29, 1.82) is 0 Å². The van der Waals surface area contributed by atoms with E-state index >= 15 is 0 Å². The zero-order chi connectivity index (χ0) is 13.5. The third-order valence-electron chi connectivity index (χ3n) is 2.63. The molecule has 0 amide bonds. The van der Waals surface area contributed by atoms with E-state index < -0.39 is 6.04 Å². The topological polar surface area (TPSA) is 55.6 Å². The molecule has 0 aliphatic carbocycles. The Bertz CT molecular complexity index is 381. The number of nitrogens with zero attached hydrogens (tertiary/aromatic N) is 1. The number of hydrogen-bond acceptors (Lipinski definition) is 4. The molecular weight excluding hydrogens is 235 g/mol. The van der Waals surface area contributed by atoms with Crippen molar-refractivity contribution < 1.29 is 13.9 Å². The Labute approximate surface area is 107 Å². The molecule has 0 aromatic heterocycles. The zero-order valence-corrected chi connectivity index (χ0v) is 10.7. The standard InChI is InChI=1S/C13H19FN2O2/c1-3-18-13(17)12(15)8-9-16(2)11-6-4-10(14)5-7-11/h4-7,12H,3,8-9,15H2,1-2H3. The van der Waals surface area contributed by atoms with Crippen molar-refractivity contribution in [2.45, 2.75) is 19.4 Å². The SMILES string of the molecule is CCOC(=O)C(N)CCN(C)c1ccc(F)cc1. The first kappa shape index (κ1) is 14.4. The lowest BCUT2D eigenvalue weighted by molar-refractivity contribution is -0.144. The number of carbonyl (C=O) groups excluding carboxylic acids is 1. The van der Waals surface area contributed by atoms with Crippen molar-refractivity contribution >= 4 is 11.7 Å². The van der Waals surface area contributed by atoms with Gasteiger partial charge in [-0.15, -0.1) is 0 Å². The third-order valence-corrected chi connectivity index (χ3v) is 2.63. The summed E-state index contributed by atoms with van der Waals surface area (Å²) in [6.07, 6.45) is 0.493. The summed E-state index contributed by atoms with van der Waals surface area (Å²) >= 11 is 0. The molecule has 18 heavy (non-hydrogen) atoms. The van der Waals surface area contributed by atoms with E-state index in [1.54, 1.807) is 19.1 Å². The van der Waals surface area contributed by atoms with Crippen molar-refractivity contribution in [3.8, 4) is 0 Å². The van der Waals surface area contributed by atoms with Gasteiger partial charge in [-0.2, -0.15) is 0 Å². The molecule has 0 saturated heterocycles. The molecule has 1 unspecified atom stereocenters. The van der Waals surface area contributed by atoms with Gasteiger partial charge in [0.2, 0.25) is 0 Å². The minimum Gasteiger partial charge on any atom is -0.465 e. The van der Waals surface area contributed by atoms with Gasteiger partial charge < -0.3 is 15.4 Å². The number of anilines is 1. The summed E-state index contributed by atoms with van der Waals surface area (Å²) in [7, 11) is 1.87. The van der Waals surface area contributed by atoms with Crippen LogP contribution >= 0.6 is 0 Å². The molecule has 1 aromatic rings. The van der Waals surface area contributed by atoms with Gasteiger partial charge in [0.25, 0.3) is 0 Å². The molecular formula is C13H19FN2O2. The molecule has 0 bridgehead atoms. The van der Waals surface area contributed by atoms with Crippen LogP contribution in [0.25, 0.3) is 0 Å². The van der Waals surface area contributed by atoms with Gasteiger partial charge in [-0.05, 0) is 37.6 Å². The van der Waals surface area contributed by atoms with Gasteiger partial charge in [0.05, 0.1) is 6.61 Å². The van der Waals surface area contributed by atoms with E-state index in [0.29, 0.717) is 19.6 Å². The van der Waals surface area contributed by atoms with E-state index in [4.69, 9.17) is 10.5 Å². The molecule has 0 fully saturated rings. The van der Waals surface area contributed by atoms with E-state index in [0.717, 1.165) is 5.69 Å². The van der Waals surface area contributed by atoms with E-state index in [-0.39, 0.29) is 11.8 Å². The Hall–Kier alpha value is -1.62. The van der Waals surface area contributed by atoms with Crippen LogP contribution in [0, 0.1) is 5.82 Å². The first-order valence-electron chi connectivity index (χ1n) is 5.93. The lowest BCUT2D eigenvalue weighted by Gasteiger charge is -2.20. The van der Waals surface area contributed by atoms with Gasteiger partial charge >= 0.3 is 5.97 Å². The molecule has 1 rings (SSSR count). The summed E-state index contributed by atoms with van der Waals surface area (Å²) in [6.45, 7) is 2.68. The second-order valence-electron chi connectivity index (χ2n) is 4.05. The van der Waals surface area contributed by atoms with Crippen LogP contribution in [-0.2, 0) is 9.53 Å². The smallest absolute Gasteiger partial charge is 0.322 e. The predicted molar refractivity (Wildman–Crippen MR) is 68.9 cm³/mol. The quantitative estimate of drug-likeness (QED) is 0.782. The molecule has 0 radical (unpaired) electrons. The molecule has 0 aliphatic rings. The fourth-order valence-corrected chi connectivity index (χ4v) is 1.52.